The summed E-state index contributed by atoms with van der Waals surface area (Å²) in [5.41, 5.74) is 8.42. The van der Waals surface area contributed by atoms with Gasteiger partial charge >= 0.3 is 14.5 Å². The van der Waals surface area contributed by atoms with Gasteiger partial charge in [-0.2, -0.15) is 0 Å². The van der Waals surface area contributed by atoms with Crippen molar-refractivity contribution in [1.29, 1.82) is 0 Å². The second-order valence-corrected chi connectivity index (χ2v) is 3.26. The second kappa shape index (κ2) is 7.59. The number of carbonyl (C=O) groups is 1. The molecule has 0 unspecified atom stereocenters. The topological polar surface area (TPSA) is 81.2 Å². The minimum atomic E-state index is -1.65. The summed E-state index contributed by atoms with van der Waals surface area (Å²) in [4.78, 5) is 13.5. The smallest absolute Gasteiger partial charge is 0.357 e. The lowest BCUT2D eigenvalue weighted by atomic mass is 10.5. The van der Waals surface area contributed by atoms with E-state index in [1.54, 1.807) is 13.8 Å². The maximum absolute atomic E-state index is 10.8. The summed E-state index contributed by atoms with van der Waals surface area (Å²) >= 11 is 0. The maximum atomic E-state index is 10.8. The van der Waals surface area contributed by atoms with Crippen molar-refractivity contribution in [1.82, 2.24) is 0 Å². The van der Waals surface area contributed by atoms with Gasteiger partial charge in [0.2, 0.25) is 0 Å². The van der Waals surface area contributed by atoms with Gasteiger partial charge in [0.05, 0.1) is 13.2 Å². The van der Waals surface area contributed by atoms with E-state index in [1.807, 2.05) is 0 Å². The molecule has 80 valence electrons. The minimum absolute atomic E-state index is 0.391. The van der Waals surface area contributed by atoms with Crippen LogP contribution in [0.1, 0.15) is 20.8 Å². The van der Waals surface area contributed by atoms with Crippen LogP contribution in [0.5, 0.6) is 0 Å². The zero-order chi connectivity index (χ0) is 11.0. The fraction of sp³-hybridized carbons (Fsp3) is 0.714. The summed E-state index contributed by atoms with van der Waals surface area (Å²) in [5, 5.41) is 0. The second-order valence-electron chi connectivity index (χ2n) is 2.11. The number of ketones is 1. The zero-order valence-electron chi connectivity index (χ0n) is 8.39. The molecule has 0 saturated heterocycles. The third-order valence-corrected chi connectivity index (χ3v) is 2.28. The highest BCUT2D eigenvalue weighted by molar-refractivity contribution is 7.42. The standard InChI is InChI=1S/C7H13N2O4P/c1-4-11-14(12-5-2)13-7(9-8)6(3)10/h4-5H2,1-3H3. The highest BCUT2D eigenvalue weighted by atomic mass is 31.2. The summed E-state index contributed by atoms with van der Waals surface area (Å²) in [7, 11) is -1.65. The van der Waals surface area contributed by atoms with Crippen molar-refractivity contribution < 1.29 is 23.2 Å². The average Bonchev–Trinajstić information content (AvgIpc) is 2.14. The monoisotopic (exact) mass is 220 g/mol. The molecule has 0 N–H and O–H groups in total. The van der Waals surface area contributed by atoms with Gasteiger partial charge < -0.3 is 19.1 Å². The molecule has 0 rings (SSSR count). The van der Waals surface area contributed by atoms with Crippen LogP contribution in [0.15, 0.2) is 0 Å². The molecular formula is C7H13N2O4P. The van der Waals surface area contributed by atoms with Crippen LogP contribution in [0.4, 0.5) is 0 Å². The van der Waals surface area contributed by atoms with Crippen LogP contribution in [-0.2, 0) is 18.4 Å². The molecule has 0 atom stereocenters. The van der Waals surface area contributed by atoms with Crippen molar-refractivity contribution in [3.63, 3.8) is 0 Å². The van der Waals surface area contributed by atoms with Gasteiger partial charge in [0.25, 0.3) is 5.78 Å². The Morgan fingerprint density at radius 2 is 1.86 bits per heavy atom. The van der Waals surface area contributed by atoms with Crippen LogP contribution in [-0.4, -0.2) is 29.7 Å². The number of rotatable bonds is 6. The average molecular weight is 220 g/mol. The number of nitrogens with zero attached hydrogens (tertiary/aromatic N) is 2. The van der Waals surface area contributed by atoms with E-state index >= 15 is 0 Å². The van der Waals surface area contributed by atoms with Crippen LogP contribution < -0.4 is 0 Å². The molecule has 0 bridgehead atoms. The lowest BCUT2D eigenvalue weighted by molar-refractivity contribution is -0.118. The molecule has 0 heterocycles. The lowest BCUT2D eigenvalue weighted by Crippen LogP contribution is -2.14. The van der Waals surface area contributed by atoms with Gasteiger partial charge in [0, 0.05) is 6.92 Å². The molecule has 0 aliphatic rings. The van der Waals surface area contributed by atoms with Gasteiger partial charge in [0.15, 0.2) is 0 Å². The van der Waals surface area contributed by atoms with Crippen molar-refractivity contribution in [3.05, 3.63) is 5.53 Å². The molecule has 0 fully saturated rings. The number of hydrogen-bond donors (Lipinski definition) is 0. The summed E-state index contributed by atoms with van der Waals surface area (Å²) < 4.78 is 15.0. The highest BCUT2D eigenvalue weighted by Crippen LogP contribution is 2.39. The Morgan fingerprint density at radius 1 is 1.36 bits per heavy atom. The third kappa shape index (κ3) is 5.04. The normalized spacial score (nSPS) is 9.71. The first-order valence-corrected chi connectivity index (χ1v) is 5.22. The molecule has 0 amide bonds. The van der Waals surface area contributed by atoms with Gasteiger partial charge in [-0.05, 0) is 13.8 Å². The Labute approximate surface area is 83.8 Å². The summed E-state index contributed by atoms with van der Waals surface area (Å²) in [6.07, 6.45) is 0. The molecule has 0 radical (unpaired) electrons. The van der Waals surface area contributed by atoms with Gasteiger partial charge in [-0.25, -0.2) is 0 Å². The van der Waals surface area contributed by atoms with Gasteiger partial charge in [0.1, 0.15) is 0 Å². The van der Waals surface area contributed by atoms with Crippen molar-refractivity contribution in [2.75, 3.05) is 13.2 Å². The summed E-state index contributed by atoms with van der Waals surface area (Å²) in [6.45, 7) is 5.54. The highest BCUT2D eigenvalue weighted by Gasteiger charge is 2.25. The molecule has 14 heavy (non-hydrogen) atoms. The van der Waals surface area contributed by atoms with Crippen LogP contribution >= 0.6 is 8.60 Å². The fourth-order valence-corrected chi connectivity index (χ4v) is 1.43. The molecule has 0 saturated carbocycles. The molecule has 0 aromatic carbocycles. The van der Waals surface area contributed by atoms with Crippen LogP contribution in [0.2, 0.25) is 0 Å². The molecule has 0 aliphatic carbocycles. The Bertz CT molecular complexity index is 234. The number of Topliss-reactive ketones (excluding diaryl/α,β-unsaturated/α-hetero) is 1. The molecule has 0 aromatic rings. The van der Waals surface area contributed by atoms with Crippen LogP contribution in [0.25, 0.3) is 5.53 Å². The van der Waals surface area contributed by atoms with Crippen molar-refractivity contribution in [2.45, 2.75) is 20.8 Å². The Hall–Kier alpha value is -0.800. The van der Waals surface area contributed by atoms with E-state index in [1.165, 1.54) is 6.92 Å². The van der Waals surface area contributed by atoms with E-state index in [-0.39, 0.29) is 0 Å². The molecule has 6 nitrogen and oxygen atoms in total. The predicted molar refractivity (Wildman–Crippen MR) is 50.6 cm³/mol. The van der Waals surface area contributed by atoms with Crippen molar-refractivity contribution in [3.8, 4) is 0 Å². The minimum Gasteiger partial charge on any atom is -0.357 e. The number of hydrogen-bond acceptors (Lipinski definition) is 4. The summed E-state index contributed by atoms with van der Waals surface area (Å²) in [5.74, 6) is -0.891. The summed E-state index contributed by atoms with van der Waals surface area (Å²) in [6, 6.07) is 0. The predicted octanol–water partition coefficient (Wildman–Crippen LogP) is 1.52. The van der Waals surface area contributed by atoms with Crippen LogP contribution in [0.3, 0.4) is 0 Å². The van der Waals surface area contributed by atoms with Crippen LogP contribution in [0, 0.1) is 0 Å². The first-order chi connectivity index (χ1) is 6.65. The van der Waals surface area contributed by atoms with E-state index in [0.717, 1.165) is 0 Å². The van der Waals surface area contributed by atoms with E-state index in [2.05, 4.69) is 4.79 Å². The molecule has 0 aromatic heterocycles. The van der Waals surface area contributed by atoms with Gasteiger partial charge in [-0.3, -0.25) is 4.79 Å². The zero-order valence-corrected chi connectivity index (χ0v) is 9.28. The first kappa shape index (κ1) is 13.2. The quantitative estimate of drug-likeness (QED) is 0.223. The van der Waals surface area contributed by atoms with Gasteiger partial charge in [-0.15, -0.1) is 4.79 Å². The number of carbonyl (C=O) groups excluding carboxylic acids is 1. The van der Waals surface area contributed by atoms with E-state index in [0.29, 0.717) is 13.2 Å². The van der Waals surface area contributed by atoms with E-state index in [4.69, 9.17) is 19.1 Å². The fourth-order valence-electron chi connectivity index (χ4n) is 0.524. The van der Waals surface area contributed by atoms with Crippen molar-refractivity contribution in [2.24, 2.45) is 0 Å². The SMILES string of the molecule is CCOP(OCC)OC(=[N+]=[N-])C(C)=O. The molecule has 0 spiro atoms. The Morgan fingerprint density at radius 3 is 2.14 bits per heavy atom. The Balaban J connectivity index is 4.26. The lowest BCUT2D eigenvalue weighted by Gasteiger charge is -2.11. The Kier molecular flexibility index (Phi) is 7.16. The van der Waals surface area contributed by atoms with Crippen molar-refractivity contribution >= 4 is 20.3 Å². The van der Waals surface area contributed by atoms with Gasteiger partial charge in [-0.1, -0.05) is 0 Å². The molecular weight excluding hydrogens is 207 g/mol. The molecule has 7 heteroatoms. The maximum Gasteiger partial charge on any atom is 0.524 e. The molecule has 0 aliphatic heterocycles. The van der Waals surface area contributed by atoms with E-state index in [9.17, 15) is 4.79 Å². The first-order valence-electron chi connectivity index (χ1n) is 4.12. The third-order valence-electron chi connectivity index (χ3n) is 1.02. The largest absolute Gasteiger partial charge is 0.524 e. The van der Waals surface area contributed by atoms with E-state index < -0.39 is 20.3 Å².